The van der Waals surface area contributed by atoms with Gasteiger partial charge in [0.1, 0.15) is 17.1 Å². The first kappa shape index (κ1) is 27.3. The van der Waals surface area contributed by atoms with E-state index in [0.29, 0.717) is 5.69 Å². The number of imide groups is 2. The second kappa shape index (κ2) is 11.8. The summed E-state index contributed by atoms with van der Waals surface area (Å²) in [7, 11) is 0. The van der Waals surface area contributed by atoms with Gasteiger partial charge in [-0.15, -0.1) is 0 Å². The summed E-state index contributed by atoms with van der Waals surface area (Å²) in [6.07, 6.45) is 1.28. The smallest absolute Gasteiger partial charge is 0.343 e. The molecule has 1 fully saturated rings. The zero-order valence-corrected chi connectivity index (χ0v) is 22.0. The Morgan fingerprint density at radius 1 is 0.805 bits per heavy atom. The number of para-hydroxylation sites is 2. The number of hydrogen-bond acceptors (Lipinski definition) is 5. The summed E-state index contributed by atoms with van der Waals surface area (Å²) in [4.78, 5) is 55.1. The number of carbonyl (C=O) groups excluding carboxylic acids is 4. The lowest BCUT2D eigenvalue weighted by Gasteiger charge is -2.34. The molecule has 0 unspecified atom stereocenters. The number of urea groups is 1. The van der Waals surface area contributed by atoms with Crippen molar-refractivity contribution in [3.05, 3.63) is 125 Å². The molecule has 41 heavy (non-hydrogen) atoms. The number of carbonyl (C=O) groups is 4. The fourth-order valence-electron chi connectivity index (χ4n) is 4.13. The van der Waals surface area contributed by atoms with Crippen LogP contribution in [0.5, 0.6) is 5.75 Å². The van der Waals surface area contributed by atoms with Gasteiger partial charge in [-0.25, -0.2) is 19.0 Å². The van der Waals surface area contributed by atoms with Gasteiger partial charge in [-0.1, -0.05) is 48.0 Å². The molecular formula is C31H21ClFN3O5. The van der Waals surface area contributed by atoms with Crippen molar-refractivity contribution in [2.45, 2.75) is 0 Å². The van der Waals surface area contributed by atoms with E-state index in [4.69, 9.17) is 16.3 Å². The molecule has 0 bridgehead atoms. The Kier molecular flexibility index (Phi) is 7.89. The lowest BCUT2D eigenvalue weighted by atomic mass is 10.0. The van der Waals surface area contributed by atoms with Crippen LogP contribution in [0.4, 0.5) is 26.2 Å². The van der Waals surface area contributed by atoms with Crippen LogP contribution in [-0.4, -0.2) is 30.4 Å². The molecule has 1 heterocycles. The number of rotatable bonds is 7. The number of nitrogens with zero attached hydrogens (tertiary/aromatic N) is 2. The highest BCUT2D eigenvalue weighted by Crippen LogP contribution is 2.32. The minimum atomic E-state index is -0.835. The van der Waals surface area contributed by atoms with Gasteiger partial charge < -0.3 is 10.1 Å². The molecule has 4 aromatic carbocycles. The van der Waals surface area contributed by atoms with Crippen molar-refractivity contribution < 1.29 is 28.3 Å². The number of anilines is 3. The van der Waals surface area contributed by atoms with Crippen molar-refractivity contribution in [2.75, 3.05) is 21.7 Å². The molecule has 1 aliphatic rings. The molecule has 1 saturated heterocycles. The van der Waals surface area contributed by atoms with Crippen LogP contribution >= 0.6 is 11.6 Å². The number of barbiturate groups is 1. The van der Waals surface area contributed by atoms with Crippen LogP contribution < -0.4 is 19.9 Å². The summed E-state index contributed by atoms with van der Waals surface area (Å²) in [6, 6.07) is 25.4. The van der Waals surface area contributed by atoms with E-state index in [1.807, 2.05) is 0 Å². The summed E-state index contributed by atoms with van der Waals surface area (Å²) < 4.78 is 18.9. The van der Waals surface area contributed by atoms with Gasteiger partial charge in [-0.3, -0.25) is 14.4 Å². The fraction of sp³-hybridized carbons (Fsp3) is 0.0323. The summed E-state index contributed by atoms with van der Waals surface area (Å²) in [5, 5.41) is 2.87. The van der Waals surface area contributed by atoms with Gasteiger partial charge in [-0.05, 0) is 72.8 Å². The van der Waals surface area contributed by atoms with Crippen LogP contribution in [0.3, 0.4) is 0 Å². The van der Waals surface area contributed by atoms with Crippen LogP contribution in [0.2, 0.25) is 5.02 Å². The molecule has 0 saturated carbocycles. The van der Waals surface area contributed by atoms with E-state index in [2.05, 4.69) is 5.32 Å². The van der Waals surface area contributed by atoms with Gasteiger partial charge in [0, 0.05) is 16.3 Å². The average Bonchev–Trinajstić information content (AvgIpc) is 2.97. The molecule has 1 N–H and O–H groups in total. The largest absolute Gasteiger partial charge is 0.483 e. The van der Waals surface area contributed by atoms with Crippen molar-refractivity contribution in [2.24, 2.45) is 0 Å². The van der Waals surface area contributed by atoms with Crippen molar-refractivity contribution in [1.82, 2.24) is 0 Å². The van der Waals surface area contributed by atoms with E-state index in [0.717, 1.165) is 9.80 Å². The molecular weight excluding hydrogens is 549 g/mol. The van der Waals surface area contributed by atoms with Gasteiger partial charge in [0.05, 0.1) is 11.4 Å². The van der Waals surface area contributed by atoms with E-state index in [1.165, 1.54) is 48.5 Å². The minimum absolute atomic E-state index is 0.158. The van der Waals surface area contributed by atoms with Crippen molar-refractivity contribution in [3.63, 3.8) is 0 Å². The highest BCUT2D eigenvalue weighted by Gasteiger charge is 2.43. The Bertz CT molecular complexity index is 1600. The van der Waals surface area contributed by atoms with Crippen molar-refractivity contribution in [3.8, 4) is 5.75 Å². The van der Waals surface area contributed by atoms with Crippen molar-refractivity contribution >= 4 is 58.5 Å². The van der Waals surface area contributed by atoms with Crippen LogP contribution in [0.1, 0.15) is 5.56 Å². The zero-order chi connectivity index (χ0) is 28.9. The summed E-state index contributed by atoms with van der Waals surface area (Å²) >= 11 is 6.22. The topological polar surface area (TPSA) is 96.0 Å². The highest BCUT2D eigenvalue weighted by atomic mass is 35.5. The third-order valence-corrected chi connectivity index (χ3v) is 6.27. The number of amides is 5. The monoisotopic (exact) mass is 569 g/mol. The lowest BCUT2D eigenvalue weighted by molar-refractivity contribution is -0.121. The van der Waals surface area contributed by atoms with E-state index in [9.17, 15) is 23.6 Å². The van der Waals surface area contributed by atoms with Crippen LogP contribution in [0.25, 0.3) is 6.08 Å². The predicted octanol–water partition coefficient (Wildman–Crippen LogP) is 6.08. The quantitative estimate of drug-likeness (QED) is 0.215. The molecule has 0 atom stereocenters. The van der Waals surface area contributed by atoms with Gasteiger partial charge in [-0.2, -0.15) is 0 Å². The third-order valence-electron chi connectivity index (χ3n) is 6.04. The molecule has 0 aromatic heterocycles. The normalized spacial score (nSPS) is 13.3. The van der Waals surface area contributed by atoms with E-state index < -0.39 is 36.2 Å². The van der Waals surface area contributed by atoms with Gasteiger partial charge in [0.25, 0.3) is 17.7 Å². The third kappa shape index (κ3) is 6.00. The summed E-state index contributed by atoms with van der Waals surface area (Å²) in [6.45, 7) is -0.429. The fourth-order valence-corrected chi connectivity index (χ4v) is 4.31. The Morgan fingerprint density at radius 2 is 1.37 bits per heavy atom. The Hall–Kier alpha value is -5.28. The molecule has 1 aliphatic heterocycles. The molecule has 8 nitrogen and oxygen atoms in total. The Morgan fingerprint density at radius 3 is 1.93 bits per heavy atom. The summed E-state index contributed by atoms with van der Waals surface area (Å²) in [5.41, 5.74) is 0.853. The number of benzene rings is 4. The van der Waals surface area contributed by atoms with E-state index in [-0.39, 0.29) is 33.3 Å². The zero-order valence-electron chi connectivity index (χ0n) is 21.3. The molecule has 0 spiro atoms. The number of halogens is 2. The predicted molar refractivity (Wildman–Crippen MR) is 153 cm³/mol. The Balaban J connectivity index is 1.49. The first-order valence-corrected chi connectivity index (χ1v) is 12.7. The molecule has 10 heteroatoms. The summed E-state index contributed by atoms with van der Waals surface area (Å²) in [5.74, 6) is -2.47. The maximum atomic E-state index is 13.6. The second-order valence-electron chi connectivity index (χ2n) is 8.82. The molecule has 5 amide bonds. The lowest BCUT2D eigenvalue weighted by Crippen LogP contribution is -2.57. The molecule has 5 rings (SSSR count). The van der Waals surface area contributed by atoms with Crippen LogP contribution in [0, 0.1) is 5.82 Å². The highest BCUT2D eigenvalue weighted by molar-refractivity contribution is 6.46. The van der Waals surface area contributed by atoms with Crippen LogP contribution in [0.15, 0.2) is 109 Å². The van der Waals surface area contributed by atoms with E-state index in [1.54, 1.807) is 60.7 Å². The van der Waals surface area contributed by atoms with E-state index >= 15 is 0 Å². The first-order chi connectivity index (χ1) is 19.8. The molecule has 204 valence electrons. The van der Waals surface area contributed by atoms with Gasteiger partial charge >= 0.3 is 6.03 Å². The number of nitrogens with one attached hydrogen (secondary N) is 1. The Labute approximate surface area is 239 Å². The van der Waals surface area contributed by atoms with Crippen molar-refractivity contribution in [1.29, 1.82) is 0 Å². The molecule has 0 radical (unpaired) electrons. The SMILES string of the molecule is O=C(COc1ccc(Cl)cc1C=C1C(=O)N(c2ccccc2)C(=O)N(c2ccccc2)C1=O)Nc1ccc(F)cc1. The minimum Gasteiger partial charge on any atom is -0.483 e. The number of hydrogen-bond donors (Lipinski definition) is 1. The average molecular weight is 570 g/mol. The maximum Gasteiger partial charge on any atom is 0.343 e. The van der Waals surface area contributed by atoms with Crippen LogP contribution in [-0.2, 0) is 14.4 Å². The number of ether oxygens (including phenoxy) is 1. The van der Waals surface area contributed by atoms with Gasteiger partial charge in [0.2, 0.25) is 0 Å². The first-order valence-electron chi connectivity index (χ1n) is 12.3. The molecule has 0 aliphatic carbocycles. The van der Waals surface area contributed by atoms with Gasteiger partial charge in [0.15, 0.2) is 6.61 Å². The maximum absolute atomic E-state index is 13.6. The second-order valence-corrected chi connectivity index (χ2v) is 9.26. The molecule has 4 aromatic rings. The standard InChI is InChI=1S/C31H21ClFN3O5/c32-21-11-16-27(41-19-28(37)34-23-14-12-22(33)13-15-23)20(17-21)18-26-29(38)35(24-7-3-1-4-8-24)31(40)36(30(26)39)25-9-5-2-6-10-25/h1-18H,19H2,(H,34,37).